The van der Waals surface area contributed by atoms with Crippen LogP contribution in [0.2, 0.25) is 0 Å². The van der Waals surface area contributed by atoms with Crippen molar-refractivity contribution in [2.24, 2.45) is 0 Å². The maximum absolute atomic E-state index is 13.4. The molecule has 0 saturated heterocycles. The van der Waals surface area contributed by atoms with Gasteiger partial charge in [-0.3, -0.25) is 4.79 Å². The molecule has 3 rings (SSSR count). The summed E-state index contributed by atoms with van der Waals surface area (Å²) in [6, 6.07) is 1.15. The van der Waals surface area contributed by atoms with E-state index >= 15 is 0 Å². The highest BCUT2D eigenvalue weighted by Crippen LogP contribution is 2.44. The van der Waals surface area contributed by atoms with Gasteiger partial charge in [0.1, 0.15) is 26.9 Å². The minimum absolute atomic E-state index is 0.0384. The highest BCUT2D eigenvalue weighted by Gasteiger charge is 2.25. The van der Waals surface area contributed by atoms with E-state index in [0.717, 1.165) is 17.2 Å². The molecule has 0 spiro atoms. The zero-order valence-electron chi connectivity index (χ0n) is 17.1. The van der Waals surface area contributed by atoms with Crippen LogP contribution in [0, 0.1) is 0 Å². The molecule has 0 amide bonds. The molecule has 158 valence electrons. The number of fused-ring (bicyclic) bond motifs is 2. The third-order valence-corrected chi connectivity index (χ3v) is 5.62. The highest BCUT2D eigenvalue weighted by atomic mass is 79.9. The van der Waals surface area contributed by atoms with Gasteiger partial charge in [0.25, 0.3) is 0 Å². The van der Waals surface area contributed by atoms with E-state index in [1.54, 1.807) is 0 Å². The standard InChI is InChI=1S/C23H23BrO6/c1-10(2)5-7-12-16-15(9-14(25)19(12)26)30-23-17(22(16)29)20(27)13(8-6-11(3)4)21(28)18(23)24/h5-6,9,25-28H,7-8H2,1-4H3. The lowest BCUT2D eigenvalue weighted by Gasteiger charge is -2.14. The van der Waals surface area contributed by atoms with Gasteiger partial charge in [0.05, 0.1) is 5.39 Å². The fourth-order valence-electron chi connectivity index (χ4n) is 3.28. The molecule has 6 nitrogen and oxygen atoms in total. The Morgan fingerprint density at radius 2 is 1.47 bits per heavy atom. The first kappa shape index (κ1) is 21.8. The lowest BCUT2D eigenvalue weighted by Crippen LogP contribution is -2.07. The molecule has 0 aliphatic carbocycles. The summed E-state index contributed by atoms with van der Waals surface area (Å²) in [6.45, 7) is 7.52. The number of rotatable bonds is 4. The molecule has 7 heteroatoms. The summed E-state index contributed by atoms with van der Waals surface area (Å²) in [5.41, 5.74) is 1.79. The Hall–Kier alpha value is -2.93. The number of aromatic hydroxyl groups is 4. The second-order valence-electron chi connectivity index (χ2n) is 7.69. The molecule has 0 saturated carbocycles. The Kier molecular flexibility index (Phi) is 5.85. The number of benzene rings is 2. The summed E-state index contributed by atoms with van der Waals surface area (Å²) in [6.07, 6.45) is 4.04. The Morgan fingerprint density at radius 1 is 0.900 bits per heavy atom. The van der Waals surface area contributed by atoms with Gasteiger partial charge in [0.15, 0.2) is 17.1 Å². The van der Waals surface area contributed by atoms with Gasteiger partial charge in [0.2, 0.25) is 5.43 Å². The Labute approximate surface area is 181 Å². The van der Waals surface area contributed by atoms with Crippen LogP contribution in [0.5, 0.6) is 23.0 Å². The van der Waals surface area contributed by atoms with Gasteiger partial charge in [0, 0.05) is 17.2 Å². The monoisotopic (exact) mass is 474 g/mol. The number of allylic oxidation sites excluding steroid dienone is 4. The summed E-state index contributed by atoms with van der Waals surface area (Å²) in [5, 5.41) is 41.9. The Balaban J connectivity index is 2.50. The van der Waals surface area contributed by atoms with Crippen molar-refractivity contribution in [2.45, 2.75) is 40.5 Å². The van der Waals surface area contributed by atoms with Crippen LogP contribution in [-0.4, -0.2) is 20.4 Å². The third kappa shape index (κ3) is 3.65. The lowest BCUT2D eigenvalue weighted by atomic mass is 9.98. The summed E-state index contributed by atoms with van der Waals surface area (Å²) in [4.78, 5) is 13.4. The van der Waals surface area contributed by atoms with Crippen LogP contribution >= 0.6 is 15.9 Å². The number of phenols is 4. The predicted molar refractivity (Wildman–Crippen MR) is 121 cm³/mol. The van der Waals surface area contributed by atoms with E-state index in [-0.39, 0.29) is 61.9 Å². The summed E-state index contributed by atoms with van der Waals surface area (Å²) in [5.74, 6) is -1.44. The molecule has 4 N–H and O–H groups in total. The second-order valence-corrected chi connectivity index (χ2v) is 8.49. The number of hydrogen-bond donors (Lipinski definition) is 4. The molecule has 0 bridgehead atoms. The summed E-state index contributed by atoms with van der Waals surface area (Å²) < 4.78 is 5.94. The van der Waals surface area contributed by atoms with Gasteiger partial charge < -0.3 is 24.8 Å². The zero-order chi connectivity index (χ0) is 22.3. The van der Waals surface area contributed by atoms with Crippen molar-refractivity contribution in [3.05, 3.63) is 55.2 Å². The molecular formula is C23H23BrO6. The number of hydrogen-bond acceptors (Lipinski definition) is 6. The number of halogens is 1. The molecule has 30 heavy (non-hydrogen) atoms. The van der Waals surface area contributed by atoms with E-state index in [2.05, 4.69) is 15.9 Å². The molecule has 1 aromatic heterocycles. The van der Waals surface area contributed by atoms with Crippen molar-refractivity contribution in [1.82, 2.24) is 0 Å². The highest BCUT2D eigenvalue weighted by molar-refractivity contribution is 9.10. The van der Waals surface area contributed by atoms with E-state index in [9.17, 15) is 25.2 Å². The molecule has 2 aromatic carbocycles. The smallest absolute Gasteiger partial charge is 0.204 e. The summed E-state index contributed by atoms with van der Waals surface area (Å²) in [7, 11) is 0. The molecule has 0 atom stereocenters. The van der Waals surface area contributed by atoms with Crippen LogP contribution in [0.1, 0.15) is 38.8 Å². The van der Waals surface area contributed by atoms with Crippen LogP contribution < -0.4 is 5.43 Å². The molecule has 0 unspecified atom stereocenters. The van der Waals surface area contributed by atoms with Gasteiger partial charge in [-0.15, -0.1) is 0 Å². The van der Waals surface area contributed by atoms with Crippen molar-refractivity contribution >= 4 is 37.9 Å². The SMILES string of the molecule is CC(C)=CCc1c(O)c(Br)c2oc3cc(O)c(O)c(CC=C(C)C)c3c(=O)c2c1O. The quantitative estimate of drug-likeness (QED) is 0.224. The molecule has 0 aliphatic heterocycles. The summed E-state index contributed by atoms with van der Waals surface area (Å²) >= 11 is 3.26. The minimum atomic E-state index is -0.560. The van der Waals surface area contributed by atoms with E-state index in [0.29, 0.717) is 0 Å². The normalized spacial score (nSPS) is 11.1. The van der Waals surface area contributed by atoms with Crippen molar-refractivity contribution < 1.29 is 24.8 Å². The third-order valence-electron chi connectivity index (χ3n) is 4.88. The van der Waals surface area contributed by atoms with E-state index < -0.39 is 16.9 Å². The van der Waals surface area contributed by atoms with Gasteiger partial charge in [-0.25, -0.2) is 0 Å². The first-order chi connectivity index (χ1) is 14.0. The molecular weight excluding hydrogens is 452 g/mol. The van der Waals surface area contributed by atoms with Gasteiger partial charge in [-0.1, -0.05) is 23.3 Å². The lowest BCUT2D eigenvalue weighted by molar-refractivity contribution is 0.400. The maximum Gasteiger partial charge on any atom is 0.204 e. The van der Waals surface area contributed by atoms with Crippen LogP contribution in [0.15, 0.2) is 43.0 Å². The Bertz CT molecular complexity index is 1290. The second kappa shape index (κ2) is 8.07. The molecule has 0 fully saturated rings. The Morgan fingerprint density at radius 3 is 2.03 bits per heavy atom. The largest absolute Gasteiger partial charge is 0.507 e. The van der Waals surface area contributed by atoms with E-state index in [1.807, 2.05) is 39.8 Å². The fraction of sp³-hybridized carbons (Fsp3) is 0.261. The molecule has 0 aliphatic rings. The topological polar surface area (TPSA) is 111 Å². The van der Waals surface area contributed by atoms with E-state index in [1.165, 1.54) is 0 Å². The van der Waals surface area contributed by atoms with Gasteiger partial charge in [-0.2, -0.15) is 0 Å². The van der Waals surface area contributed by atoms with Crippen molar-refractivity contribution in [2.75, 3.05) is 0 Å². The van der Waals surface area contributed by atoms with E-state index in [4.69, 9.17) is 4.42 Å². The van der Waals surface area contributed by atoms with Gasteiger partial charge in [-0.05, 0) is 56.5 Å². The van der Waals surface area contributed by atoms with Crippen molar-refractivity contribution in [1.29, 1.82) is 0 Å². The first-order valence-corrected chi connectivity index (χ1v) is 10.2. The maximum atomic E-state index is 13.4. The molecule has 0 radical (unpaired) electrons. The average molecular weight is 475 g/mol. The van der Waals surface area contributed by atoms with Crippen LogP contribution in [0.4, 0.5) is 0 Å². The minimum Gasteiger partial charge on any atom is -0.507 e. The fourth-order valence-corrected chi connectivity index (χ4v) is 3.80. The number of phenolic OH excluding ortho intramolecular Hbond substituents is 4. The predicted octanol–water partition coefficient (Wildman–Crippen LogP) is 5.55. The zero-order valence-corrected chi connectivity index (χ0v) is 18.7. The molecule has 1 heterocycles. The van der Waals surface area contributed by atoms with Crippen molar-refractivity contribution in [3.63, 3.8) is 0 Å². The van der Waals surface area contributed by atoms with Crippen molar-refractivity contribution in [3.8, 4) is 23.0 Å². The average Bonchev–Trinajstić information content (AvgIpc) is 2.66. The van der Waals surface area contributed by atoms with Gasteiger partial charge >= 0.3 is 0 Å². The van der Waals surface area contributed by atoms with Crippen LogP contribution in [0.25, 0.3) is 21.9 Å². The van der Waals surface area contributed by atoms with Crippen LogP contribution in [-0.2, 0) is 12.8 Å². The molecule has 3 aromatic rings. The van der Waals surface area contributed by atoms with Crippen LogP contribution in [0.3, 0.4) is 0 Å². The first-order valence-electron chi connectivity index (χ1n) is 9.37.